The highest BCUT2D eigenvalue weighted by Gasteiger charge is 2.24. The van der Waals surface area contributed by atoms with Crippen molar-refractivity contribution in [3.05, 3.63) is 30.2 Å². The number of fused-ring (bicyclic) bond motifs is 1. The van der Waals surface area contributed by atoms with Crippen molar-refractivity contribution in [1.29, 1.82) is 0 Å². The molecule has 0 saturated heterocycles. The molecule has 1 aliphatic carbocycles. The highest BCUT2D eigenvalue weighted by Crippen LogP contribution is 2.33. The Morgan fingerprint density at radius 1 is 1.25 bits per heavy atom. The zero-order chi connectivity index (χ0) is 14.0. The molecule has 1 atom stereocenters. The van der Waals surface area contributed by atoms with Crippen molar-refractivity contribution in [2.24, 2.45) is 5.41 Å². The number of pyridine rings is 1. The summed E-state index contributed by atoms with van der Waals surface area (Å²) in [6.07, 6.45) is 8.56. The molecule has 0 aliphatic heterocycles. The number of hydrogen-bond acceptors (Lipinski definition) is 3. The Morgan fingerprint density at radius 2 is 2.15 bits per heavy atom. The van der Waals surface area contributed by atoms with Gasteiger partial charge in [-0.3, -0.25) is 4.40 Å². The van der Waals surface area contributed by atoms with Crippen LogP contribution in [0.2, 0.25) is 0 Å². The lowest BCUT2D eigenvalue weighted by Gasteiger charge is -2.22. The van der Waals surface area contributed by atoms with Gasteiger partial charge in [-0.25, -0.2) is 0 Å². The second-order valence-corrected chi connectivity index (χ2v) is 6.72. The van der Waals surface area contributed by atoms with Crippen LogP contribution in [-0.4, -0.2) is 20.6 Å². The first-order valence-corrected chi connectivity index (χ1v) is 7.66. The van der Waals surface area contributed by atoms with E-state index < -0.39 is 0 Å². The van der Waals surface area contributed by atoms with Crippen molar-refractivity contribution in [2.75, 3.05) is 0 Å². The fourth-order valence-electron chi connectivity index (χ4n) is 3.11. The van der Waals surface area contributed by atoms with Crippen LogP contribution < -0.4 is 5.32 Å². The highest BCUT2D eigenvalue weighted by molar-refractivity contribution is 5.36. The van der Waals surface area contributed by atoms with Crippen LogP contribution in [0, 0.1) is 5.41 Å². The van der Waals surface area contributed by atoms with Gasteiger partial charge in [-0.2, -0.15) is 0 Å². The first-order valence-electron chi connectivity index (χ1n) is 7.66. The van der Waals surface area contributed by atoms with Crippen LogP contribution in [0.25, 0.3) is 5.65 Å². The molecular weight excluding hydrogens is 248 g/mol. The van der Waals surface area contributed by atoms with Crippen LogP contribution in [0.5, 0.6) is 0 Å². The molecule has 2 aromatic heterocycles. The largest absolute Gasteiger partial charge is 0.307 e. The van der Waals surface area contributed by atoms with Gasteiger partial charge in [-0.05, 0) is 43.2 Å². The van der Waals surface area contributed by atoms with Gasteiger partial charge in [0, 0.05) is 12.2 Å². The number of hydrogen-bond donors (Lipinski definition) is 1. The number of nitrogens with zero attached hydrogens (tertiary/aromatic N) is 3. The number of rotatable bonds is 3. The fraction of sp³-hybridized carbons (Fsp3) is 0.625. The summed E-state index contributed by atoms with van der Waals surface area (Å²) in [5.41, 5.74) is 1.43. The molecule has 0 bridgehead atoms. The van der Waals surface area contributed by atoms with Crippen molar-refractivity contribution in [1.82, 2.24) is 19.9 Å². The zero-order valence-electron chi connectivity index (χ0n) is 12.5. The second kappa shape index (κ2) is 5.52. The van der Waals surface area contributed by atoms with Crippen molar-refractivity contribution in [3.8, 4) is 0 Å². The van der Waals surface area contributed by atoms with E-state index in [1.54, 1.807) is 0 Å². The molecule has 0 radical (unpaired) electrons. The monoisotopic (exact) mass is 272 g/mol. The molecule has 1 saturated carbocycles. The van der Waals surface area contributed by atoms with E-state index in [-0.39, 0.29) is 0 Å². The van der Waals surface area contributed by atoms with Crippen molar-refractivity contribution in [2.45, 2.75) is 58.5 Å². The molecule has 3 rings (SSSR count). The summed E-state index contributed by atoms with van der Waals surface area (Å²) < 4.78 is 2.06. The van der Waals surface area contributed by atoms with Gasteiger partial charge in [-0.15, -0.1) is 10.2 Å². The molecule has 0 amide bonds. The van der Waals surface area contributed by atoms with Gasteiger partial charge < -0.3 is 5.32 Å². The minimum absolute atomic E-state index is 0.512. The molecule has 1 unspecified atom stereocenters. The van der Waals surface area contributed by atoms with E-state index in [2.05, 4.69) is 33.8 Å². The average Bonchev–Trinajstić information content (AvgIpc) is 2.76. The lowest BCUT2D eigenvalue weighted by atomic mass is 9.85. The second-order valence-electron chi connectivity index (χ2n) is 6.72. The first-order chi connectivity index (χ1) is 9.64. The summed E-state index contributed by atoms with van der Waals surface area (Å²) in [6.45, 7) is 5.58. The van der Waals surface area contributed by atoms with E-state index in [4.69, 9.17) is 0 Å². The van der Waals surface area contributed by atoms with Gasteiger partial charge in [0.05, 0.1) is 6.54 Å². The Kier molecular flexibility index (Phi) is 3.74. The number of aromatic nitrogens is 3. The quantitative estimate of drug-likeness (QED) is 0.873. The summed E-state index contributed by atoms with van der Waals surface area (Å²) in [6, 6.07) is 6.63. The van der Waals surface area contributed by atoms with E-state index in [1.165, 1.54) is 32.1 Å². The minimum Gasteiger partial charge on any atom is -0.307 e. The van der Waals surface area contributed by atoms with E-state index in [0.29, 0.717) is 11.5 Å². The SMILES string of the molecule is CC1(C)CCCC(NCc2nnc3ccccn23)CC1. The van der Waals surface area contributed by atoms with E-state index in [0.717, 1.165) is 18.0 Å². The predicted octanol–water partition coefficient (Wildman–Crippen LogP) is 3.18. The Balaban J connectivity index is 1.62. The maximum absolute atomic E-state index is 4.28. The molecule has 108 valence electrons. The Hall–Kier alpha value is -1.42. The van der Waals surface area contributed by atoms with Crippen molar-refractivity contribution < 1.29 is 0 Å². The molecule has 0 spiro atoms. The summed E-state index contributed by atoms with van der Waals surface area (Å²) in [5, 5.41) is 12.1. The molecule has 1 fully saturated rings. The molecule has 20 heavy (non-hydrogen) atoms. The van der Waals surface area contributed by atoms with Crippen molar-refractivity contribution in [3.63, 3.8) is 0 Å². The maximum Gasteiger partial charge on any atom is 0.160 e. The third-order valence-electron chi connectivity index (χ3n) is 4.51. The third-order valence-corrected chi connectivity index (χ3v) is 4.51. The normalized spacial score (nSPS) is 22.8. The first kappa shape index (κ1) is 13.6. The number of nitrogens with one attached hydrogen (secondary N) is 1. The van der Waals surface area contributed by atoms with Gasteiger partial charge in [-0.1, -0.05) is 26.3 Å². The maximum atomic E-state index is 4.28. The summed E-state index contributed by atoms with van der Waals surface area (Å²) in [4.78, 5) is 0. The lowest BCUT2D eigenvalue weighted by molar-refractivity contribution is 0.309. The van der Waals surface area contributed by atoms with E-state index >= 15 is 0 Å². The predicted molar refractivity (Wildman–Crippen MR) is 80.5 cm³/mol. The Labute approximate surface area is 120 Å². The topological polar surface area (TPSA) is 42.2 Å². The van der Waals surface area contributed by atoms with Crippen LogP contribution >= 0.6 is 0 Å². The summed E-state index contributed by atoms with van der Waals surface area (Å²) in [5.74, 6) is 1.00. The smallest absolute Gasteiger partial charge is 0.160 e. The summed E-state index contributed by atoms with van der Waals surface area (Å²) in [7, 11) is 0. The van der Waals surface area contributed by atoms with E-state index in [1.807, 2.05) is 24.4 Å². The standard InChI is InChI=1S/C16H24N4/c1-16(2)9-5-6-13(8-10-16)17-12-15-19-18-14-7-3-4-11-20(14)15/h3-4,7,11,13,17H,5-6,8-10,12H2,1-2H3. The molecule has 1 aliphatic rings. The van der Waals surface area contributed by atoms with Crippen molar-refractivity contribution >= 4 is 5.65 Å². The van der Waals surface area contributed by atoms with Crippen LogP contribution in [0.3, 0.4) is 0 Å². The van der Waals surface area contributed by atoms with E-state index in [9.17, 15) is 0 Å². The Morgan fingerprint density at radius 3 is 3.05 bits per heavy atom. The van der Waals surface area contributed by atoms with Crippen LogP contribution in [-0.2, 0) is 6.54 Å². The van der Waals surface area contributed by atoms with Crippen LogP contribution in [0.15, 0.2) is 24.4 Å². The van der Waals surface area contributed by atoms with Crippen LogP contribution in [0.1, 0.15) is 51.8 Å². The minimum atomic E-state index is 0.512. The van der Waals surface area contributed by atoms with Gasteiger partial charge in [0.1, 0.15) is 0 Å². The molecule has 0 aromatic carbocycles. The van der Waals surface area contributed by atoms with Crippen LogP contribution in [0.4, 0.5) is 0 Å². The Bertz CT molecular complexity index is 573. The van der Waals surface area contributed by atoms with Gasteiger partial charge >= 0.3 is 0 Å². The molecule has 1 N–H and O–H groups in total. The lowest BCUT2D eigenvalue weighted by Crippen LogP contribution is -2.29. The molecule has 4 heteroatoms. The fourth-order valence-corrected chi connectivity index (χ4v) is 3.11. The molecule has 2 heterocycles. The zero-order valence-corrected chi connectivity index (χ0v) is 12.5. The van der Waals surface area contributed by atoms with Gasteiger partial charge in [0.2, 0.25) is 0 Å². The average molecular weight is 272 g/mol. The van der Waals surface area contributed by atoms with Gasteiger partial charge in [0.15, 0.2) is 11.5 Å². The van der Waals surface area contributed by atoms with Gasteiger partial charge in [0.25, 0.3) is 0 Å². The summed E-state index contributed by atoms with van der Waals surface area (Å²) >= 11 is 0. The molecule has 4 nitrogen and oxygen atoms in total. The third kappa shape index (κ3) is 3.01. The molecule has 2 aromatic rings. The highest BCUT2D eigenvalue weighted by atomic mass is 15.3. The molecular formula is C16H24N4.